The summed E-state index contributed by atoms with van der Waals surface area (Å²) in [6.07, 6.45) is -0.919. The molecule has 3 rings (SSSR count). The predicted molar refractivity (Wildman–Crippen MR) is 70.8 cm³/mol. The van der Waals surface area contributed by atoms with Crippen molar-refractivity contribution in [2.24, 2.45) is 0 Å². The molecule has 116 valence electrons. The van der Waals surface area contributed by atoms with Gasteiger partial charge in [0.05, 0.1) is 11.6 Å². The molecule has 2 aliphatic heterocycles. The average molecular weight is 319 g/mol. The number of nitrogens with zero attached hydrogens (tertiary/aromatic N) is 3. The molecule has 3 heterocycles. The molecule has 2 saturated heterocycles. The van der Waals surface area contributed by atoms with Crippen LogP contribution in [0.4, 0.5) is 8.78 Å². The third-order valence-electron chi connectivity index (χ3n) is 4.02. The van der Waals surface area contributed by atoms with E-state index in [2.05, 4.69) is 10.3 Å². The molecule has 1 aromatic heterocycles. The maximum Gasteiger partial charge on any atom is 0.358 e. The van der Waals surface area contributed by atoms with E-state index in [9.17, 15) is 13.6 Å². The summed E-state index contributed by atoms with van der Waals surface area (Å²) in [5, 5.41) is 16.0. The van der Waals surface area contributed by atoms with Crippen LogP contribution >= 0.6 is 11.8 Å². The number of aromatic nitrogens is 3. The number of hydrogen-bond acceptors (Lipinski definition) is 5. The molecule has 9 heteroatoms. The molecule has 0 aromatic carbocycles. The fourth-order valence-electron chi connectivity index (χ4n) is 3.00. The van der Waals surface area contributed by atoms with Gasteiger partial charge >= 0.3 is 5.97 Å². The summed E-state index contributed by atoms with van der Waals surface area (Å²) >= 11 is 1.78. The number of ether oxygens (including phenoxy) is 1. The largest absolute Gasteiger partial charge is 0.476 e. The van der Waals surface area contributed by atoms with Crippen molar-refractivity contribution < 1.29 is 23.4 Å². The van der Waals surface area contributed by atoms with E-state index in [1.807, 2.05) is 0 Å². The second-order valence-electron chi connectivity index (χ2n) is 5.35. The van der Waals surface area contributed by atoms with Crippen molar-refractivity contribution in [3.63, 3.8) is 0 Å². The number of carboxylic acids is 1. The first-order valence-electron chi connectivity index (χ1n) is 6.71. The van der Waals surface area contributed by atoms with Gasteiger partial charge in [-0.25, -0.2) is 18.3 Å². The van der Waals surface area contributed by atoms with Crippen molar-refractivity contribution in [3.8, 4) is 0 Å². The van der Waals surface area contributed by atoms with E-state index in [1.54, 1.807) is 11.8 Å². The number of hydrogen-bond donors (Lipinski definition) is 1. The Morgan fingerprint density at radius 1 is 1.57 bits per heavy atom. The maximum atomic E-state index is 13.2. The molecular weight excluding hydrogens is 304 g/mol. The molecule has 0 saturated carbocycles. The van der Waals surface area contributed by atoms with Crippen LogP contribution in [-0.2, 0) is 4.74 Å². The van der Waals surface area contributed by atoms with Crippen molar-refractivity contribution >= 4 is 17.7 Å². The highest BCUT2D eigenvalue weighted by Crippen LogP contribution is 2.42. The molecule has 6 nitrogen and oxygen atoms in total. The van der Waals surface area contributed by atoms with Gasteiger partial charge in [-0.15, -0.1) is 5.10 Å². The first-order chi connectivity index (χ1) is 10.0. The van der Waals surface area contributed by atoms with Gasteiger partial charge in [-0.2, -0.15) is 11.8 Å². The molecule has 0 bridgehead atoms. The number of carboxylic acid groups (broad SMARTS) is 1. The average Bonchev–Trinajstić information content (AvgIpc) is 3.05. The number of thioether (sulfide) groups is 1. The molecule has 1 N–H and O–H groups in total. The van der Waals surface area contributed by atoms with Crippen LogP contribution in [-0.4, -0.2) is 49.8 Å². The Kier molecular flexibility index (Phi) is 3.87. The second kappa shape index (κ2) is 5.53. The summed E-state index contributed by atoms with van der Waals surface area (Å²) in [7, 11) is 0. The molecular formula is C12H15F2N3O3S. The molecule has 1 spiro atoms. The van der Waals surface area contributed by atoms with Gasteiger partial charge in [-0.1, -0.05) is 5.21 Å². The van der Waals surface area contributed by atoms with E-state index in [1.165, 1.54) is 0 Å². The molecule has 2 fully saturated rings. The van der Waals surface area contributed by atoms with Crippen LogP contribution in [0.5, 0.6) is 0 Å². The van der Waals surface area contributed by atoms with Gasteiger partial charge in [0.1, 0.15) is 5.69 Å². The minimum absolute atomic E-state index is 0.289. The summed E-state index contributed by atoms with van der Waals surface area (Å²) in [5.41, 5.74) is -1.55. The third kappa shape index (κ3) is 2.64. The van der Waals surface area contributed by atoms with Gasteiger partial charge < -0.3 is 9.84 Å². The predicted octanol–water partition coefficient (Wildman–Crippen LogP) is 2.14. The molecule has 2 aliphatic rings. The van der Waals surface area contributed by atoms with E-state index >= 15 is 0 Å². The van der Waals surface area contributed by atoms with Crippen LogP contribution in [0.2, 0.25) is 0 Å². The Morgan fingerprint density at radius 3 is 3.00 bits per heavy atom. The highest BCUT2D eigenvalue weighted by Gasteiger charge is 2.42. The quantitative estimate of drug-likeness (QED) is 0.920. The van der Waals surface area contributed by atoms with Crippen LogP contribution < -0.4 is 0 Å². The SMILES string of the molecule is O=C(O)c1nnn(C2CCOC3(CCSC3)C2)c1C(F)F. The third-order valence-corrected chi connectivity index (χ3v) is 5.24. The fraction of sp³-hybridized carbons (Fsp3) is 0.750. The highest BCUT2D eigenvalue weighted by atomic mass is 32.2. The summed E-state index contributed by atoms with van der Waals surface area (Å²) < 4.78 is 33.4. The molecule has 0 aliphatic carbocycles. The number of rotatable bonds is 3. The monoisotopic (exact) mass is 319 g/mol. The van der Waals surface area contributed by atoms with E-state index in [0.717, 1.165) is 22.6 Å². The number of halogens is 2. The van der Waals surface area contributed by atoms with E-state index in [0.29, 0.717) is 19.4 Å². The van der Waals surface area contributed by atoms with E-state index in [-0.39, 0.29) is 11.6 Å². The van der Waals surface area contributed by atoms with Crippen molar-refractivity contribution in [2.75, 3.05) is 18.1 Å². The zero-order valence-electron chi connectivity index (χ0n) is 11.2. The smallest absolute Gasteiger partial charge is 0.358 e. The zero-order valence-corrected chi connectivity index (χ0v) is 12.0. The number of aromatic carboxylic acids is 1. The second-order valence-corrected chi connectivity index (χ2v) is 6.46. The maximum absolute atomic E-state index is 13.2. The van der Waals surface area contributed by atoms with Gasteiger partial charge in [-0.05, 0) is 25.0 Å². The van der Waals surface area contributed by atoms with Gasteiger partial charge in [0.2, 0.25) is 0 Å². The van der Waals surface area contributed by atoms with Gasteiger partial charge in [0, 0.05) is 12.4 Å². The van der Waals surface area contributed by atoms with E-state index < -0.39 is 23.8 Å². The lowest BCUT2D eigenvalue weighted by Gasteiger charge is -2.37. The standard InChI is InChI=1S/C12H15F2N3O3S/c13-10(14)9-8(11(18)19)15-16-17(9)7-1-3-20-12(5-7)2-4-21-6-12/h7,10H,1-6H2,(H,18,19). The summed E-state index contributed by atoms with van der Waals surface area (Å²) in [6.45, 7) is 0.468. The molecule has 0 radical (unpaired) electrons. The minimum atomic E-state index is -2.91. The lowest BCUT2D eigenvalue weighted by atomic mass is 9.90. The van der Waals surface area contributed by atoms with Crippen LogP contribution in [0.3, 0.4) is 0 Å². The Bertz CT molecular complexity index is 546. The van der Waals surface area contributed by atoms with Crippen molar-refractivity contribution in [3.05, 3.63) is 11.4 Å². The normalized spacial score (nSPS) is 29.4. The van der Waals surface area contributed by atoms with Crippen LogP contribution in [0.25, 0.3) is 0 Å². The number of carbonyl (C=O) groups is 1. The Labute approximate surface area is 123 Å². The summed E-state index contributed by atoms with van der Waals surface area (Å²) in [5.74, 6) is 0.356. The first-order valence-corrected chi connectivity index (χ1v) is 7.86. The Morgan fingerprint density at radius 2 is 2.38 bits per heavy atom. The molecule has 2 unspecified atom stereocenters. The van der Waals surface area contributed by atoms with Crippen LogP contribution in [0, 0.1) is 0 Å². The lowest BCUT2D eigenvalue weighted by molar-refractivity contribution is -0.0793. The van der Waals surface area contributed by atoms with Gasteiger partial charge in [0.25, 0.3) is 6.43 Å². The zero-order chi connectivity index (χ0) is 15.0. The van der Waals surface area contributed by atoms with Crippen molar-refractivity contribution in [2.45, 2.75) is 37.3 Å². The van der Waals surface area contributed by atoms with Gasteiger partial charge in [-0.3, -0.25) is 0 Å². The minimum Gasteiger partial charge on any atom is -0.476 e. The Balaban J connectivity index is 1.91. The van der Waals surface area contributed by atoms with Crippen LogP contribution in [0.15, 0.2) is 0 Å². The molecule has 21 heavy (non-hydrogen) atoms. The molecule has 0 amide bonds. The molecule has 2 atom stereocenters. The first kappa shape index (κ1) is 14.7. The van der Waals surface area contributed by atoms with E-state index in [4.69, 9.17) is 9.84 Å². The summed E-state index contributed by atoms with van der Waals surface area (Å²) in [4.78, 5) is 11.0. The number of alkyl halides is 2. The fourth-order valence-corrected chi connectivity index (χ4v) is 4.38. The Hall–Kier alpha value is -1.22. The van der Waals surface area contributed by atoms with Crippen molar-refractivity contribution in [1.82, 2.24) is 15.0 Å². The van der Waals surface area contributed by atoms with Crippen molar-refractivity contribution in [1.29, 1.82) is 0 Å². The van der Waals surface area contributed by atoms with Gasteiger partial charge in [0.15, 0.2) is 5.69 Å². The van der Waals surface area contributed by atoms with Crippen LogP contribution in [0.1, 0.15) is 47.9 Å². The lowest BCUT2D eigenvalue weighted by Crippen LogP contribution is -2.41. The highest BCUT2D eigenvalue weighted by molar-refractivity contribution is 7.99. The molecule has 1 aromatic rings. The summed E-state index contributed by atoms with van der Waals surface area (Å²) in [6, 6.07) is -0.290. The topological polar surface area (TPSA) is 77.2 Å².